The monoisotopic (exact) mass is 402 g/mol. The van der Waals surface area contributed by atoms with Crippen molar-refractivity contribution in [3.05, 3.63) is 62.8 Å². The predicted molar refractivity (Wildman–Crippen MR) is 93.5 cm³/mol. The predicted octanol–water partition coefficient (Wildman–Crippen LogP) is 4.04. The molecule has 0 unspecified atom stereocenters. The van der Waals surface area contributed by atoms with Gasteiger partial charge < -0.3 is 15.2 Å². The standard InChI is InChI=1S/C17H13Cl3FNO3/c18-10-1-3-12(13(19)7-10)9(6-17(24)25)5-16(23)22-11-2-4-15(21)14(20)8-11/h1-4,7-9H,5-6H2,(H,22,23)(H,24,25)/p-1/t9-/m0/s1. The summed E-state index contributed by atoms with van der Waals surface area (Å²) in [5, 5.41) is 14.1. The highest BCUT2D eigenvalue weighted by Gasteiger charge is 2.20. The summed E-state index contributed by atoms with van der Waals surface area (Å²) >= 11 is 17.6. The molecule has 0 saturated carbocycles. The molecule has 0 aliphatic rings. The molecule has 2 aromatic rings. The summed E-state index contributed by atoms with van der Waals surface area (Å²) in [6.07, 6.45) is -0.552. The minimum Gasteiger partial charge on any atom is -0.550 e. The SMILES string of the molecule is O=C([O-])C[C@H](CC(=O)Nc1ccc(F)c(Cl)c1)c1ccc(Cl)cc1Cl. The Kier molecular flexibility index (Phi) is 6.64. The number of nitrogens with one attached hydrogen (secondary N) is 1. The van der Waals surface area contributed by atoms with E-state index in [1.807, 2.05) is 0 Å². The van der Waals surface area contributed by atoms with Gasteiger partial charge in [-0.3, -0.25) is 4.79 Å². The van der Waals surface area contributed by atoms with Gasteiger partial charge in [-0.15, -0.1) is 0 Å². The maximum absolute atomic E-state index is 13.1. The molecule has 0 radical (unpaired) electrons. The van der Waals surface area contributed by atoms with Gasteiger partial charge in [0.2, 0.25) is 5.91 Å². The van der Waals surface area contributed by atoms with Crippen molar-refractivity contribution in [1.29, 1.82) is 0 Å². The first-order valence-corrected chi connectivity index (χ1v) is 8.29. The Balaban J connectivity index is 2.16. The fourth-order valence-corrected chi connectivity index (χ4v) is 3.08. The van der Waals surface area contributed by atoms with E-state index in [2.05, 4.69) is 5.32 Å². The van der Waals surface area contributed by atoms with E-state index in [-0.39, 0.29) is 22.9 Å². The second-order valence-corrected chi connectivity index (χ2v) is 6.57. The number of carbonyl (C=O) groups excluding carboxylic acids is 2. The van der Waals surface area contributed by atoms with Crippen molar-refractivity contribution in [3.8, 4) is 0 Å². The van der Waals surface area contributed by atoms with Crippen LogP contribution in [0.25, 0.3) is 0 Å². The van der Waals surface area contributed by atoms with Gasteiger partial charge in [-0.25, -0.2) is 4.39 Å². The molecule has 0 aliphatic carbocycles. The van der Waals surface area contributed by atoms with Crippen molar-refractivity contribution < 1.29 is 19.1 Å². The highest BCUT2D eigenvalue weighted by atomic mass is 35.5. The molecule has 2 aromatic carbocycles. The fourth-order valence-electron chi connectivity index (χ4n) is 2.34. The summed E-state index contributed by atoms with van der Waals surface area (Å²) in [5.74, 6) is -3.10. The molecule has 0 heterocycles. The highest BCUT2D eigenvalue weighted by molar-refractivity contribution is 6.35. The summed E-state index contributed by atoms with van der Waals surface area (Å²) < 4.78 is 13.1. The number of aliphatic carboxylic acids is 1. The third-order valence-electron chi connectivity index (χ3n) is 3.45. The summed E-state index contributed by atoms with van der Waals surface area (Å²) in [5.41, 5.74) is 0.772. The van der Waals surface area contributed by atoms with Gasteiger partial charge in [0.25, 0.3) is 0 Å². The van der Waals surface area contributed by atoms with Gasteiger partial charge in [0.15, 0.2) is 0 Å². The second-order valence-electron chi connectivity index (χ2n) is 5.32. The van der Waals surface area contributed by atoms with Crippen molar-refractivity contribution in [2.75, 3.05) is 5.32 Å². The van der Waals surface area contributed by atoms with E-state index in [0.29, 0.717) is 16.3 Å². The van der Waals surface area contributed by atoms with Gasteiger partial charge >= 0.3 is 0 Å². The van der Waals surface area contributed by atoms with Crippen molar-refractivity contribution >= 4 is 52.4 Å². The lowest BCUT2D eigenvalue weighted by molar-refractivity contribution is -0.306. The Labute approximate surface area is 158 Å². The Morgan fingerprint density at radius 2 is 1.76 bits per heavy atom. The number of hydrogen-bond acceptors (Lipinski definition) is 3. The van der Waals surface area contributed by atoms with Gasteiger partial charge in [0, 0.05) is 28.1 Å². The number of carboxylic acid groups (broad SMARTS) is 1. The van der Waals surface area contributed by atoms with Crippen LogP contribution in [0.4, 0.5) is 10.1 Å². The number of carboxylic acids is 1. The molecule has 1 amide bonds. The summed E-state index contributed by atoms with van der Waals surface area (Å²) in [4.78, 5) is 23.2. The molecule has 1 atom stereocenters. The van der Waals surface area contributed by atoms with Gasteiger partial charge in [0.1, 0.15) is 5.82 Å². The van der Waals surface area contributed by atoms with Crippen molar-refractivity contribution in [3.63, 3.8) is 0 Å². The minimum absolute atomic E-state index is 0.134. The maximum Gasteiger partial charge on any atom is 0.224 e. The highest BCUT2D eigenvalue weighted by Crippen LogP contribution is 2.32. The molecule has 132 valence electrons. The van der Waals surface area contributed by atoms with Gasteiger partial charge in [-0.05, 0) is 48.2 Å². The first kappa shape index (κ1) is 19.5. The average molecular weight is 404 g/mol. The molecule has 4 nitrogen and oxygen atoms in total. The van der Waals surface area contributed by atoms with E-state index in [1.54, 1.807) is 12.1 Å². The van der Waals surface area contributed by atoms with Crippen LogP contribution < -0.4 is 10.4 Å². The van der Waals surface area contributed by atoms with E-state index >= 15 is 0 Å². The smallest absolute Gasteiger partial charge is 0.224 e. The van der Waals surface area contributed by atoms with Gasteiger partial charge in [-0.2, -0.15) is 0 Å². The molecule has 0 spiro atoms. The first-order valence-electron chi connectivity index (χ1n) is 7.16. The second kappa shape index (κ2) is 8.52. The molecular weight excluding hydrogens is 392 g/mol. The molecule has 0 aliphatic heterocycles. The maximum atomic E-state index is 13.1. The zero-order valence-corrected chi connectivity index (χ0v) is 15.0. The average Bonchev–Trinajstić information content (AvgIpc) is 2.50. The molecule has 0 aromatic heterocycles. The van der Waals surface area contributed by atoms with Crippen molar-refractivity contribution in [2.45, 2.75) is 18.8 Å². The number of carbonyl (C=O) groups is 2. The Bertz CT molecular complexity index is 814. The van der Waals surface area contributed by atoms with Gasteiger partial charge in [-0.1, -0.05) is 40.9 Å². The number of benzene rings is 2. The van der Waals surface area contributed by atoms with E-state index < -0.39 is 23.6 Å². The molecule has 0 bridgehead atoms. The third-order valence-corrected chi connectivity index (χ3v) is 4.30. The van der Waals surface area contributed by atoms with Crippen LogP contribution in [-0.4, -0.2) is 11.9 Å². The molecule has 2 rings (SSSR count). The van der Waals surface area contributed by atoms with Crippen LogP contribution in [0.2, 0.25) is 15.1 Å². The molecule has 25 heavy (non-hydrogen) atoms. The van der Waals surface area contributed by atoms with E-state index in [1.165, 1.54) is 18.2 Å². The zero-order chi connectivity index (χ0) is 18.6. The van der Waals surface area contributed by atoms with Crippen LogP contribution in [-0.2, 0) is 9.59 Å². The molecule has 1 N–H and O–H groups in total. The Morgan fingerprint density at radius 1 is 1.04 bits per heavy atom. The largest absolute Gasteiger partial charge is 0.550 e. The van der Waals surface area contributed by atoms with Crippen LogP contribution in [0.3, 0.4) is 0 Å². The molecule has 0 fully saturated rings. The summed E-state index contributed by atoms with van der Waals surface area (Å²) in [7, 11) is 0. The van der Waals surface area contributed by atoms with Crippen LogP contribution >= 0.6 is 34.8 Å². The van der Waals surface area contributed by atoms with Crippen LogP contribution in [0.15, 0.2) is 36.4 Å². The lowest BCUT2D eigenvalue weighted by Crippen LogP contribution is -2.26. The van der Waals surface area contributed by atoms with Crippen molar-refractivity contribution in [1.82, 2.24) is 0 Å². The van der Waals surface area contributed by atoms with E-state index in [9.17, 15) is 19.1 Å². The molecular formula is C17H12Cl3FNO3-. The first-order chi connectivity index (χ1) is 11.8. The normalized spacial score (nSPS) is 11.8. The quantitative estimate of drug-likeness (QED) is 0.791. The number of amides is 1. The summed E-state index contributed by atoms with van der Waals surface area (Å²) in [6, 6.07) is 8.33. The minimum atomic E-state index is -1.31. The van der Waals surface area contributed by atoms with Gasteiger partial charge in [0.05, 0.1) is 5.02 Å². The lowest BCUT2D eigenvalue weighted by atomic mass is 9.92. The number of rotatable bonds is 6. The molecule has 0 saturated heterocycles. The zero-order valence-electron chi connectivity index (χ0n) is 12.7. The van der Waals surface area contributed by atoms with Crippen LogP contribution in [0.5, 0.6) is 0 Å². The van der Waals surface area contributed by atoms with Crippen LogP contribution in [0, 0.1) is 5.82 Å². The lowest BCUT2D eigenvalue weighted by Gasteiger charge is -2.19. The molecule has 8 heteroatoms. The topological polar surface area (TPSA) is 69.2 Å². The van der Waals surface area contributed by atoms with Crippen molar-refractivity contribution in [2.24, 2.45) is 0 Å². The Hall–Kier alpha value is -1.82. The van der Waals surface area contributed by atoms with E-state index in [4.69, 9.17) is 34.8 Å². The number of halogens is 4. The number of anilines is 1. The van der Waals surface area contributed by atoms with E-state index in [0.717, 1.165) is 6.07 Å². The summed E-state index contributed by atoms with van der Waals surface area (Å²) in [6.45, 7) is 0. The third kappa shape index (κ3) is 5.59. The fraction of sp³-hybridized carbons (Fsp3) is 0.176. The Morgan fingerprint density at radius 3 is 2.36 bits per heavy atom. The number of hydrogen-bond donors (Lipinski definition) is 1. The van der Waals surface area contributed by atoms with Crippen LogP contribution in [0.1, 0.15) is 24.3 Å².